The molecule has 1 fully saturated rings. The van der Waals surface area contributed by atoms with Gasteiger partial charge in [-0.15, -0.1) is 0 Å². The third kappa shape index (κ3) is 2.47. The summed E-state index contributed by atoms with van der Waals surface area (Å²) in [5.74, 6) is -0.461. The molecule has 0 spiro atoms. The van der Waals surface area contributed by atoms with Crippen molar-refractivity contribution in [3.05, 3.63) is 0 Å². The van der Waals surface area contributed by atoms with Crippen LogP contribution in [-0.2, 0) is 9.53 Å². The Morgan fingerprint density at radius 3 is 2.50 bits per heavy atom. The maximum absolute atomic E-state index is 11.4. The summed E-state index contributed by atoms with van der Waals surface area (Å²) in [4.78, 5) is 11.4. The van der Waals surface area contributed by atoms with E-state index in [0.29, 0.717) is 6.61 Å². The predicted molar refractivity (Wildman–Crippen MR) is 53.8 cm³/mol. The molecule has 0 aliphatic heterocycles. The lowest BCUT2D eigenvalue weighted by Crippen LogP contribution is -2.41. The van der Waals surface area contributed by atoms with Gasteiger partial charge in [-0.1, -0.05) is 26.2 Å². The van der Waals surface area contributed by atoms with Crippen molar-refractivity contribution in [2.75, 3.05) is 6.61 Å². The van der Waals surface area contributed by atoms with E-state index in [2.05, 4.69) is 0 Å². The first-order valence-electron chi connectivity index (χ1n) is 5.45. The number of carbonyl (C=O) groups excluding carboxylic acids is 1. The molecule has 1 N–H and O–H groups in total. The van der Waals surface area contributed by atoms with E-state index in [1.807, 2.05) is 6.92 Å². The van der Waals surface area contributed by atoms with Gasteiger partial charge in [0.25, 0.3) is 0 Å². The second-order valence-corrected chi connectivity index (χ2v) is 4.37. The van der Waals surface area contributed by atoms with Gasteiger partial charge in [0.2, 0.25) is 0 Å². The number of ether oxygens (including phenoxy) is 1. The van der Waals surface area contributed by atoms with Crippen molar-refractivity contribution in [3.8, 4) is 0 Å². The Labute approximate surface area is 85.5 Å². The van der Waals surface area contributed by atoms with Crippen LogP contribution in [0.3, 0.4) is 0 Å². The molecule has 3 heteroatoms. The maximum atomic E-state index is 11.4. The molecule has 0 bridgehead atoms. The predicted octanol–water partition coefficient (Wildman–Crippen LogP) is 1.88. The second kappa shape index (κ2) is 4.78. The van der Waals surface area contributed by atoms with Crippen molar-refractivity contribution in [1.29, 1.82) is 0 Å². The van der Waals surface area contributed by atoms with Crippen LogP contribution < -0.4 is 0 Å². The highest BCUT2D eigenvalue weighted by atomic mass is 16.5. The average Bonchev–Trinajstić information content (AvgIpc) is 2.18. The fourth-order valence-electron chi connectivity index (χ4n) is 2.14. The molecule has 1 unspecified atom stereocenters. The number of hydrogen-bond acceptors (Lipinski definition) is 3. The van der Waals surface area contributed by atoms with Crippen LogP contribution in [0.25, 0.3) is 0 Å². The molecule has 14 heavy (non-hydrogen) atoms. The van der Waals surface area contributed by atoms with Gasteiger partial charge in [-0.05, 0) is 19.8 Å². The molecule has 0 saturated heterocycles. The molecule has 0 aromatic heterocycles. The van der Waals surface area contributed by atoms with Crippen molar-refractivity contribution >= 4 is 5.97 Å². The molecule has 1 aliphatic rings. The third-order valence-electron chi connectivity index (χ3n) is 3.17. The summed E-state index contributed by atoms with van der Waals surface area (Å²) in [6.45, 7) is 4.08. The van der Waals surface area contributed by atoms with Gasteiger partial charge >= 0.3 is 5.97 Å². The zero-order chi connectivity index (χ0) is 10.6. The van der Waals surface area contributed by atoms with Crippen LogP contribution in [0.15, 0.2) is 0 Å². The topological polar surface area (TPSA) is 46.5 Å². The van der Waals surface area contributed by atoms with Crippen LogP contribution in [0, 0.1) is 5.41 Å². The van der Waals surface area contributed by atoms with E-state index in [4.69, 9.17) is 4.74 Å². The standard InChI is InChI=1S/C11H20O3/c1-3-14-10(13)9(12)11(2)7-5-4-6-8-11/h9,12H,3-8H2,1-2H3. The lowest BCUT2D eigenvalue weighted by molar-refractivity contribution is -0.161. The minimum absolute atomic E-state index is 0.259. The monoisotopic (exact) mass is 200 g/mol. The molecule has 1 rings (SSSR count). The van der Waals surface area contributed by atoms with E-state index in [9.17, 15) is 9.90 Å². The van der Waals surface area contributed by atoms with E-state index in [1.165, 1.54) is 6.42 Å². The Kier molecular flexibility index (Phi) is 3.93. The highest BCUT2D eigenvalue weighted by Gasteiger charge is 2.39. The Hall–Kier alpha value is -0.570. The summed E-state index contributed by atoms with van der Waals surface area (Å²) in [6, 6.07) is 0. The summed E-state index contributed by atoms with van der Waals surface area (Å²) in [5, 5.41) is 9.86. The summed E-state index contributed by atoms with van der Waals surface area (Å²) in [6.07, 6.45) is 4.33. The van der Waals surface area contributed by atoms with Gasteiger partial charge in [0.1, 0.15) is 0 Å². The summed E-state index contributed by atoms with van der Waals surface area (Å²) in [7, 11) is 0. The normalized spacial score (nSPS) is 22.8. The zero-order valence-corrected chi connectivity index (χ0v) is 9.08. The van der Waals surface area contributed by atoms with E-state index >= 15 is 0 Å². The maximum Gasteiger partial charge on any atom is 0.335 e. The molecule has 0 aromatic carbocycles. The minimum Gasteiger partial charge on any atom is -0.464 e. The van der Waals surface area contributed by atoms with Crippen molar-refractivity contribution in [2.24, 2.45) is 5.41 Å². The van der Waals surface area contributed by atoms with Crippen LogP contribution in [0.4, 0.5) is 0 Å². The van der Waals surface area contributed by atoms with Gasteiger partial charge in [-0.3, -0.25) is 0 Å². The Bertz CT molecular complexity index is 195. The lowest BCUT2D eigenvalue weighted by atomic mass is 9.72. The molecule has 82 valence electrons. The highest BCUT2D eigenvalue weighted by Crippen LogP contribution is 2.39. The molecule has 3 nitrogen and oxygen atoms in total. The third-order valence-corrected chi connectivity index (χ3v) is 3.17. The first kappa shape index (κ1) is 11.5. The Morgan fingerprint density at radius 1 is 1.43 bits per heavy atom. The summed E-state index contributed by atoms with van der Waals surface area (Å²) in [5.41, 5.74) is -0.259. The number of rotatable bonds is 3. The molecular weight excluding hydrogens is 180 g/mol. The molecule has 0 amide bonds. The minimum atomic E-state index is -0.942. The molecule has 0 heterocycles. The first-order valence-corrected chi connectivity index (χ1v) is 5.45. The molecule has 1 saturated carbocycles. The van der Waals surface area contributed by atoms with E-state index < -0.39 is 12.1 Å². The first-order chi connectivity index (χ1) is 6.60. The number of aliphatic hydroxyl groups is 1. The van der Waals surface area contributed by atoms with E-state index in [-0.39, 0.29) is 5.41 Å². The van der Waals surface area contributed by atoms with E-state index in [1.54, 1.807) is 6.92 Å². The average molecular weight is 200 g/mol. The smallest absolute Gasteiger partial charge is 0.335 e. The summed E-state index contributed by atoms with van der Waals surface area (Å²) >= 11 is 0. The van der Waals surface area contributed by atoms with Gasteiger partial charge in [-0.2, -0.15) is 0 Å². The van der Waals surface area contributed by atoms with Crippen LogP contribution in [0.2, 0.25) is 0 Å². The van der Waals surface area contributed by atoms with E-state index in [0.717, 1.165) is 25.7 Å². The SMILES string of the molecule is CCOC(=O)C(O)C1(C)CCCCC1. The van der Waals surface area contributed by atoms with Crippen LogP contribution in [0.5, 0.6) is 0 Å². The van der Waals surface area contributed by atoms with Crippen molar-refractivity contribution in [2.45, 2.75) is 52.1 Å². The van der Waals surface area contributed by atoms with Gasteiger partial charge in [0.15, 0.2) is 6.10 Å². The van der Waals surface area contributed by atoms with Gasteiger partial charge < -0.3 is 9.84 Å². The zero-order valence-electron chi connectivity index (χ0n) is 9.08. The Balaban J connectivity index is 2.56. The number of hydrogen-bond donors (Lipinski definition) is 1. The van der Waals surface area contributed by atoms with Crippen molar-refractivity contribution in [3.63, 3.8) is 0 Å². The number of esters is 1. The lowest BCUT2D eigenvalue weighted by Gasteiger charge is -2.36. The quantitative estimate of drug-likeness (QED) is 0.707. The highest BCUT2D eigenvalue weighted by molar-refractivity contribution is 5.75. The van der Waals surface area contributed by atoms with Gasteiger partial charge in [0.05, 0.1) is 6.61 Å². The van der Waals surface area contributed by atoms with Crippen LogP contribution in [-0.4, -0.2) is 23.8 Å². The van der Waals surface area contributed by atoms with Gasteiger partial charge in [0, 0.05) is 5.41 Å². The molecule has 1 aliphatic carbocycles. The molecule has 0 radical (unpaired) electrons. The Morgan fingerprint density at radius 2 is 2.00 bits per heavy atom. The molecule has 0 aromatic rings. The van der Waals surface area contributed by atoms with Crippen LogP contribution in [0.1, 0.15) is 46.0 Å². The fourth-order valence-corrected chi connectivity index (χ4v) is 2.14. The molecule has 1 atom stereocenters. The van der Waals surface area contributed by atoms with Crippen molar-refractivity contribution < 1.29 is 14.6 Å². The van der Waals surface area contributed by atoms with Crippen LogP contribution >= 0.6 is 0 Å². The summed E-state index contributed by atoms with van der Waals surface area (Å²) < 4.78 is 4.83. The van der Waals surface area contributed by atoms with Gasteiger partial charge in [-0.25, -0.2) is 4.79 Å². The number of carbonyl (C=O) groups is 1. The van der Waals surface area contributed by atoms with Crippen molar-refractivity contribution in [1.82, 2.24) is 0 Å². The number of aliphatic hydroxyl groups excluding tert-OH is 1. The largest absolute Gasteiger partial charge is 0.464 e. The fraction of sp³-hybridized carbons (Fsp3) is 0.909. The second-order valence-electron chi connectivity index (χ2n) is 4.37. The molecular formula is C11H20O3.